The van der Waals surface area contributed by atoms with Crippen molar-refractivity contribution in [2.45, 2.75) is 58.9 Å². The van der Waals surface area contributed by atoms with Gasteiger partial charge in [0.25, 0.3) is 0 Å². The van der Waals surface area contributed by atoms with Crippen LogP contribution in [0.5, 0.6) is 0 Å². The van der Waals surface area contributed by atoms with Crippen molar-refractivity contribution < 1.29 is 9.90 Å². The summed E-state index contributed by atoms with van der Waals surface area (Å²) < 4.78 is 0. The molecular formula is C15H32N2O2. The van der Waals surface area contributed by atoms with E-state index in [0.29, 0.717) is 18.8 Å². The van der Waals surface area contributed by atoms with Crippen molar-refractivity contribution in [1.29, 1.82) is 0 Å². The number of aliphatic carboxylic acids is 1. The fraction of sp³-hybridized carbons (Fsp3) is 0.933. The minimum atomic E-state index is -0.741. The van der Waals surface area contributed by atoms with E-state index in [2.05, 4.69) is 38.0 Å². The molecule has 0 heterocycles. The molecule has 19 heavy (non-hydrogen) atoms. The molecule has 0 rings (SSSR count). The second kappa shape index (κ2) is 9.32. The summed E-state index contributed by atoms with van der Waals surface area (Å²) in [4.78, 5) is 13.8. The fourth-order valence-corrected chi connectivity index (χ4v) is 2.45. The van der Waals surface area contributed by atoms with Crippen LogP contribution >= 0.6 is 0 Å². The second-order valence-electron chi connectivity index (χ2n) is 5.93. The highest BCUT2D eigenvalue weighted by Gasteiger charge is 2.35. The molecule has 4 heteroatoms. The van der Waals surface area contributed by atoms with E-state index in [1.807, 2.05) is 6.92 Å². The lowest BCUT2D eigenvalue weighted by atomic mass is 9.90. The van der Waals surface area contributed by atoms with E-state index in [0.717, 1.165) is 32.5 Å². The number of carboxylic acid groups (broad SMARTS) is 1. The van der Waals surface area contributed by atoms with Crippen LogP contribution in [-0.4, -0.2) is 48.2 Å². The van der Waals surface area contributed by atoms with Crippen LogP contribution in [0.3, 0.4) is 0 Å². The third kappa shape index (κ3) is 6.92. The first-order valence-corrected chi connectivity index (χ1v) is 7.55. The average molecular weight is 272 g/mol. The van der Waals surface area contributed by atoms with Gasteiger partial charge in [0.15, 0.2) is 0 Å². The van der Waals surface area contributed by atoms with E-state index < -0.39 is 11.5 Å². The molecule has 0 radical (unpaired) electrons. The molecule has 0 fully saturated rings. The van der Waals surface area contributed by atoms with E-state index in [-0.39, 0.29) is 0 Å². The minimum Gasteiger partial charge on any atom is -0.480 e. The Morgan fingerprint density at radius 3 is 2.42 bits per heavy atom. The smallest absolute Gasteiger partial charge is 0.323 e. The van der Waals surface area contributed by atoms with Crippen LogP contribution in [-0.2, 0) is 4.79 Å². The van der Waals surface area contributed by atoms with E-state index in [9.17, 15) is 9.90 Å². The van der Waals surface area contributed by atoms with Gasteiger partial charge in [0.2, 0.25) is 0 Å². The Kier molecular flexibility index (Phi) is 9.02. The summed E-state index contributed by atoms with van der Waals surface area (Å²) in [5, 5.41) is 12.7. The summed E-state index contributed by atoms with van der Waals surface area (Å²) in [5.41, 5.74) is -0.741. The van der Waals surface area contributed by atoms with Crippen molar-refractivity contribution in [1.82, 2.24) is 10.2 Å². The topological polar surface area (TPSA) is 52.6 Å². The van der Waals surface area contributed by atoms with Gasteiger partial charge in [0.05, 0.1) is 0 Å². The molecule has 0 aromatic heterocycles. The summed E-state index contributed by atoms with van der Waals surface area (Å²) in [6, 6.07) is 0. The molecule has 1 unspecified atom stereocenters. The fourth-order valence-electron chi connectivity index (χ4n) is 2.45. The third-order valence-corrected chi connectivity index (χ3v) is 3.55. The number of nitrogens with one attached hydrogen (secondary N) is 1. The second-order valence-corrected chi connectivity index (χ2v) is 5.93. The zero-order valence-electron chi connectivity index (χ0n) is 13.3. The van der Waals surface area contributed by atoms with Gasteiger partial charge in [-0.05, 0) is 51.7 Å². The lowest BCUT2D eigenvalue weighted by Gasteiger charge is -2.30. The Bertz CT molecular complexity index is 257. The molecular weight excluding hydrogens is 240 g/mol. The third-order valence-electron chi connectivity index (χ3n) is 3.55. The summed E-state index contributed by atoms with van der Waals surface area (Å²) in [6.45, 7) is 11.2. The number of carboxylic acids is 1. The highest BCUT2D eigenvalue weighted by molar-refractivity contribution is 5.78. The van der Waals surface area contributed by atoms with Crippen molar-refractivity contribution in [2.75, 3.05) is 26.7 Å². The van der Waals surface area contributed by atoms with Crippen LogP contribution < -0.4 is 5.32 Å². The maximum atomic E-state index is 11.5. The normalized spacial score (nSPS) is 14.9. The predicted molar refractivity (Wildman–Crippen MR) is 80.5 cm³/mol. The van der Waals surface area contributed by atoms with Gasteiger partial charge in [-0.3, -0.25) is 4.79 Å². The van der Waals surface area contributed by atoms with Crippen LogP contribution in [0.2, 0.25) is 0 Å². The van der Waals surface area contributed by atoms with E-state index in [1.54, 1.807) is 0 Å². The molecule has 0 spiro atoms. The Balaban J connectivity index is 4.30. The van der Waals surface area contributed by atoms with Crippen molar-refractivity contribution in [3.63, 3.8) is 0 Å². The molecule has 0 aliphatic heterocycles. The number of hydrogen-bond donors (Lipinski definition) is 2. The summed E-state index contributed by atoms with van der Waals surface area (Å²) >= 11 is 0. The predicted octanol–water partition coefficient (Wildman–Crippen LogP) is 2.59. The van der Waals surface area contributed by atoms with Crippen molar-refractivity contribution in [3.8, 4) is 0 Å². The van der Waals surface area contributed by atoms with Crippen LogP contribution in [0.1, 0.15) is 53.4 Å². The molecule has 1 atom stereocenters. The standard InChI is InChI=1S/C15H32N2O2/c1-6-10-16-15(7-2,14(18)19)9-8-11-17(5)12-13(3)4/h13,16H,6-12H2,1-5H3,(H,18,19). The van der Waals surface area contributed by atoms with Gasteiger partial charge in [-0.1, -0.05) is 27.7 Å². The maximum Gasteiger partial charge on any atom is 0.323 e. The Hall–Kier alpha value is -0.610. The SMILES string of the molecule is CCCNC(CC)(CCCN(C)CC(C)C)C(=O)O. The van der Waals surface area contributed by atoms with Crippen molar-refractivity contribution >= 4 is 5.97 Å². The molecule has 0 aromatic carbocycles. The monoisotopic (exact) mass is 272 g/mol. The zero-order chi connectivity index (χ0) is 14.9. The largest absolute Gasteiger partial charge is 0.480 e. The number of carbonyl (C=O) groups is 1. The lowest BCUT2D eigenvalue weighted by Crippen LogP contribution is -2.52. The Morgan fingerprint density at radius 1 is 1.37 bits per heavy atom. The van der Waals surface area contributed by atoms with Crippen LogP contribution in [0.25, 0.3) is 0 Å². The first-order valence-electron chi connectivity index (χ1n) is 7.55. The summed E-state index contributed by atoms with van der Waals surface area (Å²) in [6.07, 6.45) is 3.21. The first kappa shape index (κ1) is 18.4. The molecule has 114 valence electrons. The van der Waals surface area contributed by atoms with Gasteiger partial charge in [-0.25, -0.2) is 0 Å². The highest BCUT2D eigenvalue weighted by atomic mass is 16.4. The van der Waals surface area contributed by atoms with Crippen molar-refractivity contribution in [3.05, 3.63) is 0 Å². The van der Waals surface area contributed by atoms with Crippen LogP contribution in [0.4, 0.5) is 0 Å². The van der Waals surface area contributed by atoms with Crippen LogP contribution in [0, 0.1) is 5.92 Å². The van der Waals surface area contributed by atoms with Gasteiger partial charge in [-0.15, -0.1) is 0 Å². The zero-order valence-corrected chi connectivity index (χ0v) is 13.3. The van der Waals surface area contributed by atoms with E-state index >= 15 is 0 Å². The lowest BCUT2D eigenvalue weighted by molar-refractivity contribution is -0.145. The average Bonchev–Trinajstić information content (AvgIpc) is 2.32. The molecule has 0 bridgehead atoms. The molecule has 0 saturated heterocycles. The van der Waals surface area contributed by atoms with Gasteiger partial charge >= 0.3 is 5.97 Å². The summed E-state index contributed by atoms with van der Waals surface area (Å²) in [5.74, 6) is -0.0615. The maximum absolute atomic E-state index is 11.5. The number of rotatable bonds is 11. The van der Waals surface area contributed by atoms with E-state index in [1.165, 1.54) is 0 Å². The number of hydrogen-bond acceptors (Lipinski definition) is 3. The van der Waals surface area contributed by atoms with Crippen molar-refractivity contribution in [2.24, 2.45) is 5.92 Å². The molecule has 0 aliphatic carbocycles. The van der Waals surface area contributed by atoms with Gasteiger partial charge in [0.1, 0.15) is 5.54 Å². The molecule has 0 aliphatic rings. The van der Waals surface area contributed by atoms with Gasteiger partial charge < -0.3 is 15.3 Å². The highest BCUT2D eigenvalue weighted by Crippen LogP contribution is 2.18. The van der Waals surface area contributed by atoms with Gasteiger partial charge in [0, 0.05) is 6.54 Å². The quantitative estimate of drug-likeness (QED) is 0.607. The Labute approximate surface area is 118 Å². The Morgan fingerprint density at radius 2 is 2.00 bits per heavy atom. The molecule has 0 aromatic rings. The molecule has 4 nitrogen and oxygen atoms in total. The molecule has 0 amide bonds. The van der Waals surface area contributed by atoms with Crippen LogP contribution in [0.15, 0.2) is 0 Å². The summed E-state index contributed by atoms with van der Waals surface area (Å²) in [7, 11) is 2.11. The minimum absolute atomic E-state index is 0.635. The van der Waals surface area contributed by atoms with Gasteiger partial charge in [-0.2, -0.15) is 0 Å². The molecule has 0 saturated carbocycles. The van der Waals surface area contributed by atoms with E-state index in [4.69, 9.17) is 0 Å². The molecule has 2 N–H and O–H groups in total. The number of nitrogens with zero attached hydrogens (tertiary/aromatic N) is 1. The first-order chi connectivity index (χ1) is 8.88.